The highest BCUT2D eigenvalue weighted by atomic mass is 32.2. The number of aryl methyl sites for hydroxylation is 1. The molecule has 3 aromatic rings. The summed E-state index contributed by atoms with van der Waals surface area (Å²) in [5.41, 5.74) is 4.39. The van der Waals surface area contributed by atoms with E-state index in [0.717, 1.165) is 33.1 Å². The molecule has 0 aliphatic carbocycles. The average molecular weight is 269 g/mol. The fourth-order valence-electron chi connectivity index (χ4n) is 2.69. The van der Waals surface area contributed by atoms with Gasteiger partial charge in [0.15, 0.2) is 0 Å². The molecule has 4 rings (SSSR count). The number of fused-ring (bicyclic) bond motifs is 5. The maximum atomic E-state index is 9.69. The van der Waals surface area contributed by atoms with E-state index in [4.69, 9.17) is 0 Å². The van der Waals surface area contributed by atoms with E-state index in [2.05, 4.69) is 14.5 Å². The predicted octanol–water partition coefficient (Wildman–Crippen LogP) is 2.95. The van der Waals surface area contributed by atoms with Crippen molar-refractivity contribution in [3.8, 4) is 17.1 Å². The summed E-state index contributed by atoms with van der Waals surface area (Å²) in [6.07, 6.45) is 3.45. The minimum absolute atomic E-state index is 0.302. The van der Waals surface area contributed by atoms with Crippen LogP contribution in [0.4, 0.5) is 0 Å². The minimum Gasteiger partial charge on any atom is -0.508 e. The van der Waals surface area contributed by atoms with Crippen LogP contribution >= 0.6 is 11.8 Å². The first-order chi connectivity index (χ1) is 9.25. The predicted molar refractivity (Wildman–Crippen MR) is 75.2 cm³/mol. The summed E-state index contributed by atoms with van der Waals surface area (Å²) in [4.78, 5) is 8.86. The van der Waals surface area contributed by atoms with Crippen LogP contribution in [0.1, 0.15) is 5.56 Å². The zero-order valence-electron chi connectivity index (χ0n) is 10.3. The third-order valence-corrected chi connectivity index (χ3v) is 4.54. The summed E-state index contributed by atoms with van der Waals surface area (Å²) >= 11 is 1.70. The second-order valence-corrected chi connectivity index (χ2v) is 5.55. The SMILES string of the molecule is Cn1c2c(c3cc(O)ccc31)CSc1nccnc1-2. The molecule has 0 bridgehead atoms. The lowest BCUT2D eigenvalue weighted by atomic mass is 10.1. The van der Waals surface area contributed by atoms with Crippen LogP contribution < -0.4 is 0 Å². The minimum atomic E-state index is 0.302. The molecule has 4 nitrogen and oxygen atoms in total. The summed E-state index contributed by atoms with van der Waals surface area (Å²) in [7, 11) is 2.03. The molecule has 0 spiro atoms. The smallest absolute Gasteiger partial charge is 0.124 e. The maximum absolute atomic E-state index is 9.69. The molecule has 94 valence electrons. The van der Waals surface area contributed by atoms with Gasteiger partial charge >= 0.3 is 0 Å². The van der Waals surface area contributed by atoms with Crippen LogP contribution in [-0.2, 0) is 12.8 Å². The number of benzene rings is 1. The van der Waals surface area contributed by atoms with E-state index < -0.39 is 0 Å². The maximum Gasteiger partial charge on any atom is 0.124 e. The molecule has 19 heavy (non-hydrogen) atoms. The molecule has 0 radical (unpaired) electrons. The number of hydrogen-bond acceptors (Lipinski definition) is 4. The van der Waals surface area contributed by atoms with Crippen molar-refractivity contribution in [3.05, 3.63) is 36.2 Å². The molecule has 1 aliphatic heterocycles. The van der Waals surface area contributed by atoms with Crippen molar-refractivity contribution in [1.82, 2.24) is 14.5 Å². The second-order valence-electron chi connectivity index (χ2n) is 4.59. The molecule has 0 atom stereocenters. The van der Waals surface area contributed by atoms with Crippen LogP contribution in [-0.4, -0.2) is 19.6 Å². The number of phenols is 1. The molecule has 1 aliphatic rings. The van der Waals surface area contributed by atoms with Crippen molar-refractivity contribution in [3.63, 3.8) is 0 Å². The molecular formula is C14H11N3OS. The summed E-state index contributed by atoms with van der Waals surface area (Å²) in [5, 5.41) is 11.8. The molecule has 1 aromatic carbocycles. The quantitative estimate of drug-likeness (QED) is 0.681. The third-order valence-electron chi connectivity index (χ3n) is 3.53. The van der Waals surface area contributed by atoms with Crippen molar-refractivity contribution in [2.75, 3.05) is 0 Å². The Kier molecular flexibility index (Phi) is 2.14. The lowest BCUT2D eigenvalue weighted by Gasteiger charge is -2.15. The number of aromatic hydroxyl groups is 1. The van der Waals surface area contributed by atoms with E-state index in [-0.39, 0.29) is 0 Å². The summed E-state index contributed by atoms with van der Waals surface area (Å²) in [6, 6.07) is 5.50. The van der Waals surface area contributed by atoms with Crippen molar-refractivity contribution in [2.45, 2.75) is 10.8 Å². The van der Waals surface area contributed by atoms with Gasteiger partial charge in [0.05, 0.1) is 5.69 Å². The lowest BCUT2D eigenvalue weighted by molar-refractivity contribution is 0.476. The number of aromatic nitrogens is 3. The molecule has 5 heteroatoms. The standard InChI is InChI=1S/C14H11N3OS/c1-17-11-3-2-8(18)6-9(11)10-7-19-14-12(13(10)17)15-4-5-16-14/h2-6,18H,7H2,1H3. The Balaban J connectivity index is 2.14. The van der Waals surface area contributed by atoms with Gasteiger partial charge in [0, 0.05) is 36.1 Å². The Bertz CT molecular complexity index is 810. The highest BCUT2D eigenvalue weighted by molar-refractivity contribution is 7.98. The number of nitrogens with zero attached hydrogens (tertiary/aromatic N) is 3. The Hall–Kier alpha value is -2.01. The summed E-state index contributed by atoms with van der Waals surface area (Å²) in [5.74, 6) is 1.16. The molecule has 0 fully saturated rings. The van der Waals surface area contributed by atoms with Gasteiger partial charge in [-0.15, -0.1) is 0 Å². The fraction of sp³-hybridized carbons (Fsp3) is 0.143. The first-order valence-electron chi connectivity index (χ1n) is 6.00. The highest BCUT2D eigenvalue weighted by Crippen LogP contribution is 2.43. The van der Waals surface area contributed by atoms with Crippen molar-refractivity contribution >= 4 is 22.7 Å². The number of phenolic OH excluding ortho intramolecular Hbond substituents is 1. The largest absolute Gasteiger partial charge is 0.508 e. The van der Waals surface area contributed by atoms with E-state index >= 15 is 0 Å². The van der Waals surface area contributed by atoms with E-state index in [1.807, 2.05) is 19.2 Å². The van der Waals surface area contributed by atoms with Gasteiger partial charge in [0.2, 0.25) is 0 Å². The van der Waals surface area contributed by atoms with E-state index in [1.165, 1.54) is 5.56 Å². The topological polar surface area (TPSA) is 50.9 Å². The van der Waals surface area contributed by atoms with Gasteiger partial charge in [0.1, 0.15) is 16.5 Å². The Morgan fingerprint density at radius 2 is 2.11 bits per heavy atom. The van der Waals surface area contributed by atoms with Crippen molar-refractivity contribution in [2.24, 2.45) is 7.05 Å². The number of hydrogen-bond donors (Lipinski definition) is 1. The van der Waals surface area contributed by atoms with Crippen LogP contribution in [0.2, 0.25) is 0 Å². The normalized spacial score (nSPS) is 13.3. The number of thioether (sulfide) groups is 1. The zero-order valence-corrected chi connectivity index (χ0v) is 11.1. The molecule has 0 amide bonds. The van der Waals surface area contributed by atoms with E-state index in [9.17, 15) is 5.11 Å². The Morgan fingerprint density at radius 3 is 3.00 bits per heavy atom. The van der Waals surface area contributed by atoms with Gasteiger partial charge in [0.25, 0.3) is 0 Å². The fourth-order valence-corrected chi connectivity index (χ4v) is 3.69. The highest BCUT2D eigenvalue weighted by Gasteiger charge is 2.25. The second kappa shape index (κ2) is 3.74. The van der Waals surface area contributed by atoms with Gasteiger partial charge in [-0.1, -0.05) is 11.8 Å². The van der Waals surface area contributed by atoms with Crippen LogP contribution in [0.25, 0.3) is 22.3 Å². The van der Waals surface area contributed by atoms with Gasteiger partial charge in [-0.05, 0) is 23.8 Å². The van der Waals surface area contributed by atoms with Crippen LogP contribution in [0.3, 0.4) is 0 Å². The first kappa shape index (κ1) is 10.9. The molecule has 1 N–H and O–H groups in total. The average Bonchev–Trinajstić information content (AvgIpc) is 2.72. The zero-order chi connectivity index (χ0) is 13.0. The molecular weight excluding hydrogens is 258 g/mol. The van der Waals surface area contributed by atoms with Gasteiger partial charge < -0.3 is 9.67 Å². The third kappa shape index (κ3) is 1.42. The first-order valence-corrected chi connectivity index (χ1v) is 6.98. The lowest BCUT2D eigenvalue weighted by Crippen LogP contribution is -2.02. The van der Waals surface area contributed by atoms with Crippen molar-refractivity contribution < 1.29 is 5.11 Å². The van der Waals surface area contributed by atoms with Gasteiger partial charge in [-0.25, -0.2) is 4.98 Å². The number of rotatable bonds is 0. The Morgan fingerprint density at radius 1 is 1.26 bits per heavy atom. The van der Waals surface area contributed by atoms with E-state index in [1.54, 1.807) is 30.2 Å². The molecule has 0 saturated carbocycles. The summed E-state index contributed by atoms with van der Waals surface area (Å²) < 4.78 is 2.14. The van der Waals surface area contributed by atoms with Crippen molar-refractivity contribution in [1.29, 1.82) is 0 Å². The molecule has 0 unspecified atom stereocenters. The Labute approximate surface area is 114 Å². The van der Waals surface area contributed by atoms with Gasteiger partial charge in [-0.2, -0.15) is 0 Å². The van der Waals surface area contributed by atoms with Crippen LogP contribution in [0.5, 0.6) is 5.75 Å². The van der Waals surface area contributed by atoms with Crippen LogP contribution in [0, 0.1) is 0 Å². The monoisotopic (exact) mass is 269 g/mol. The molecule has 0 saturated heterocycles. The molecule has 3 heterocycles. The van der Waals surface area contributed by atoms with E-state index in [0.29, 0.717) is 5.75 Å². The summed E-state index contributed by atoms with van der Waals surface area (Å²) in [6.45, 7) is 0. The molecule has 2 aromatic heterocycles. The van der Waals surface area contributed by atoms with Gasteiger partial charge in [-0.3, -0.25) is 4.98 Å². The van der Waals surface area contributed by atoms with Crippen LogP contribution in [0.15, 0.2) is 35.6 Å².